The van der Waals surface area contributed by atoms with Crippen LogP contribution in [0.1, 0.15) is 44.4 Å². The van der Waals surface area contributed by atoms with Gasteiger partial charge in [0, 0.05) is 23.6 Å². The Balaban J connectivity index is 0.00000363. The molecule has 0 aliphatic carbocycles. The molecule has 0 N–H and O–H groups in total. The van der Waals surface area contributed by atoms with E-state index >= 15 is 0 Å². The summed E-state index contributed by atoms with van der Waals surface area (Å²) < 4.78 is 16.2. The fourth-order valence-electron chi connectivity index (χ4n) is 3.26. The van der Waals surface area contributed by atoms with E-state index in [4.69, 9.17) is 9.47 Å². The molecule has 0 aliphatic rings. The average molecular weight is 476 g/mol. The van der Waals surface area contributed by atoms with Crippen LogP contribution in [0.25, 0.3) is 11.4 Å². The summed E-state index contributed by atoms with van der Waals surface area (Å²) in [6.07, 6.45) is 0.973. The number of ether oxygens (including phenoxy) is 2. The third-order valence-electron chi connectivity index (χ3n) is 5.54. The van der Waals surface area contributed by atoms with E-state index in [1.165, 1.54) is 28.2 Å². The maximum absolute atomic E-state index is 6.07. The molecule has 0 atom stereocenters. The molecular weight excluding hydrogens is 442 g/mol. The third-order valence-corrected chi connectivity index (χ3v) is 6.13. The van der Waals surface area contributed by atoms with Crippen molar-refractivity contribution in [2.24, 2.45) is 0 Å². The van der Waals surface area contributed by atoms with Crippen LogP contribution in [-0.4, -0.2) is 41.5 Å². The number of rotatable bonds is 8. The van der Waals surface area contributed by atoms with Gasteiger partial charge in [0.15, 0.2) is 17.3 Å². The van der Waals surface area contributed by atoms with Crippen molar-refractivity contribution in [2.45, 2.75) is 46.5 Å². The van der Waals surface area contributed by atoms with Crippen molar-refractivity contribution >= 4 is 23.9 Å². The van der Waals surface area contributed by atoms with E-state index in [1.807, 2.05) is 6.07 Å². The molecule has 3 rings (SSSR count). The SMILES string of the molecule is CCN(C)CCc1cc(OC)c(Oc2nc(-c3ccc(C(C)(C)C)cc3)ns2)cc1C.Cl. The van der Waals surface area contributed by atoms with Crippen LogP contribution in [0.2, 0.25) is 0 Å². The second kappa shape index (κ2) is 11.1. The Labute approximate surface area is 202 Å². The highest BCUT2D eigenvalue weighted by Gasteiger charge is 2.16. The minimum absolute atomic E-state index is 0. The Hall–Kier alpha value is -2.15. The van der Waals surface area contributed by atoms with Crippen molar-refractivity contribution in [1.29, 1.82) is 0 Å². The van der Waals surface area contributed by atoms with Crippen LogP contribution in [0.3, 0.4) is 0 Å². The van der Waals surface area contributed by atoms with Crippen LogP contribution in [0.15, 0.2) is 36.4 Å². The average Bonchev–Trinajstić information content (AvgIpc) is 3.21. The first kappa shape index (κ1) is 26.1. The van der Waals surface area contributed by atoms with Crippen molar-refractivity contribution in [2.75, 3.05) is 27.2 Å². The van der Waals surface area contributed by atoms with Gasteiger partial charge in [0.1, 0.15) is 0 Å². The molecule has 0 saturated heterocycles. The van der Waals surface area contributed by atoms with E-state index in [0.717, 1.165) is 25.1 Å². The molecule has 1 heterocycles. The number of halogens is 1. The van der Waals surface area contributed by atoms with Gasteiger partial charge >= 0.3 is 0 Å². The van der Waals surface area contributed by atoms with Crippen LogP contribution in [0.4, 0.5) is 0 Å². The van der Waals surface area contributed by atoms with Gasteiger partial charge in [-0.1, -0.05) is 52.0 Å². The number of methoxy groups -OCH3 is 1. The Morgan fingerprint density at radius 1 is 1.06 bits per heavy atom. The molecule has 0 aliphatic heterocycles. The Bertz CT molecular complexity index is 1010. The summed E-state index contributed by atoms with van der Waals surface area (Å²) in [5.74, 6) is 2.06. The number of aryl methyl sites for hydroxylation is 1. The highest BCUT2D eigenvalue weighted by molar-refractivity contribution is 7.07. The summed E-state index contributed by atoms with van der Waals surface area (Å²) in [5, 5.41) is 0.506. The topological polar surface area (TPSA) is 47.5 Å². The lowest BCUT2D eigenvalue weighted by Crippen LogP contribution is -2.20. The van der Waals surface area contributed by atoms with Crippen LogP contribution in [-0.2, 0) is 11.8 Å². The predicted molar refractivity (Wildman–Crippen MR) is 136 cm³/mol. The molecule has 0 spiro atoms. The van der Waals surface area contributed by atoms with Gasteiger partial charge in [0.05, 0.1) is 7.11 Å². The lowest BCUT2D eigenvalue weighted by Gasteiger charge is -2.18. The molecule has 32 heavy (non-hydrogen) atoms. The number of hydrogen-bond acceptors (Lipinski definition) is 6. The van der Waals surface area contributed by atoms with Crippen LogP contribution >= 0.6 is 23.9 Å². The molecule has 3 aromatic rings. The van der Waals surface area contributed by atoms with E-state index in [1.54, 1.807) is 7.11 Å². The highest BCUT2D eigenvalue weighted by atomic mass is 35.5. The maximum Gasteiger partial charge on any atom is 0.299 e. The molecule has 5 nitrogen and oxygen atoms in total. The Kier molecular flexibility index (Phi) is 9.08. The van der Waals surface area contributed by atoms with Crippen molar-refractivity contribution in [1.82, 2.24) is 14.3 Å². The summed E-state index contributed by atoms with van der Waals surface area (Å²) in [6.45, 7) is 12.9. The first-order valence-corrected chi connectivity index (χ1v) is 11.5. The lowest BCUT2D eigenvalue weighted by atomic mass is 9.87. The van der Waals surface area contributed by atoms with Gasteiger partial charge in [-0.25, -0.2) is 0 Å². The van der Waals surface area contributed by atoms with Gasteiger partial charge in [-0.2, -0.15) is 9.36 Å². The van der Waals surface area contributed by atoms with Crippen molar-refractivity contribution in [3.63, 3.8) is 0 Å². The molecule has 0 saturated carbocycles. The smallest absolute Gasteiger partial charge is 0.299 e. The van der Waals surface area contributed by atoms with Gasteiger partial charge in [0.2, 0.25) is 0 Å². The summed E-state index contributed by atoms with van der Waals surface area (Å²) in [4.78, 5) is 6.89. The minimum atomic E-state index is 0. The second-order valence-electron chi connectivity index (χ2n) is 8.89. The van der Waals surface area contributed by atoms with Crippen molar-refractivity contribution < 1.29 is 9.47 Å². The standard InChI is InChI=1S/C25H33N3O2S.ClH/c1-8-28(6)14-13-19-16-21(29-7)22(15-17(19)2)30-24-26-23(27-31-24)18-9-11-20(12-10-18)25(3,4)5;/h9-12,15-16H,8,13-14H2,1-7H3;1H. The second-order valence-corrected chi connectivity index (χ2v) is 9.60. The van der Waals surface area contributed by atoms with Gasteiger partial charge in [-0.05, 0) is 61.2 Å². The normalized spacial score (nSPS) is 11.4. The van der Waals surface area contributed by atoms with Gasteiger partial charge in [0.25, 0.3) is 5.19 Å². The van der Waals surface area contributed by atoms with Crippen LogP contribution in [0.5, 0.6) is 16.7 Å². The molecule has 0 radical (unpaired) electrons. The Morgan fingerprint density at radius 2 is 1.75 bits per heavy atom. The summed E-state index contributed by atoms with van der Waals surface area (Å²) in [6, 6.07) is 12.5. The maximum atomic E-state index is 6.07. The zero-order valence-corrected chi connectivity index (χ0v) is 21.7. The van der Waals surface area contributed by atoms with E-state index in [0.29, 0.717) is 22.5 Å². The molecule has 0 bridgehead atoms. The van der Waals surface area contributed by atoms with Crippen molar-refractivity contribution in [3.8, 4) is 28.1 Å². The summed E-state index contributed by atoms with van der Waals surface area (Å²) in [7, 11) is 3.80. The molecule has 174 valence electrons. The Morgan fingerprint density at radius 3 is 2.34 bits per heavy atom. The zero-order chi connectivity index (χ0) is 22.6. The number of benzene rings is 2. The molecule has 2 aromatic carbocycles. The van der Waals surface area contributed by atoms with E-state index in [9.17, 15) is 0 Å². The van der Waals surface area contributed by atoms with Gasteiger partial charge in [-0.3, -0.25) is 0 Å². The molecule has 0 amide bonds. The molecular formula is C25H34ClN3O2S. The third kappa shape index (κ3) is 6.44. The monoisotopic (exact) mass is 475 g/mol. The van der Waals surface area contributed by atoms with Crippen LogP contribution < -0.4 is 9.47 Å². The summed E-state index contributed by atoms with van der Waals surface area (Å²) >= 11 is 1.25. The lowest BCUT2D eigenvalue weighted by molar-refractivity contribution is 0.355. The first-order valence-electron chi connectivity index (χ1n) is 10.7. The number of aromatic nitrogens is 2. The quantitative estimate of drug-likeness (QED) is 0.370. The fraction of sp³-hybridized carbons (Fsp3) is 0.440. The summed E-state index contributed by atoms with van der Waals surface area (Å²) in [5.41, 5.74) is 4.84. The molecule has 1 aromatic heterocycles. The van der Waals surface area contributed by atoms with E-state index in [2.05, 4.69) is 86.3 Å². The molecule has 0 unspecified atom stereocenters. The highest BCUT2D eigenvalue weighted by Crippen LogP contribution is 2.36. The number of hydrogen-bond donors (Lipinski definition) is 0. The van der Waals surface area contributed by atoms with Gasteiger partial charge < -0.3 is 14.4 Å². The number of likely N-dealkylation sites (N-methyl/N-ethyl adjacent to an activating group) is 1. The minimum Gasteiger partial charge on any atom is -0.493 e. The zero-order valence-electron chi connectivity index (χ0n) is 20.1. The van der Waals surface area contributed by atoms with Crippen molar-refractivity contribution in [3.05, 3.63) is 53.1 Å². The first-order chi connectivity index (χ1) is 14.7. The number of nitrogens with zero attached hydrogens (tertiary/aromatic N) is 3. The van der Waals surface area contributed by atoms with E-state index in [-0.39, 0.29) is 17.8 Å². The van der Waals surface area contributed by atoms with Crippen LogP contribution in [0, 0.1) is 6.92 Å². The predicted octanol–water partition coefficient (Wildman–Crippen LogP) is 6.53. The molecule has 0 fully saturated rings. The molecule has 7 heteroatoms. The fourth-order valence-corrected chi connectivity index (χ4v) is 3.83. The largest absolute Gasteiger partial charge is 0.493 e. The van der Waals surface area contributed by atoms with Gasteiger partial charge in [-0.15, -0.1) is 12.4 Å². The van der Waals surface area contributed by atoms with E-state index < -0.39 is 0 Å².